The second-order valence-corrected chi connectivity index (χ2v) is 5.39. The van der Waals surface area contributed by atoms with Crippen molar-refractivity contribution in [1.82, 2.24) is 10.3 Å². The van der Waals surface area contributed by atoms with Crippen LogP contribution in [0.1, 0.15) is 36.3 Å². The number of methoxy groups -OCH3 is 1. The number of benzene rings is 1. The Labute approximate surface area is 137 Å². The van der Waals surface area contributed by atoms with Crippen molar-refractivity contribution in [3.63, 3.8) is 0 Å². The molecule has 0 unspecified atom stereocenters. The van der Waals surface area contributed by atoms with Gasteiger partial charge in [-0.1, -0.05) is 6.92 Å². The SMILES string of the molecule is CCO[C@@H](CC)CNC(=O)c1cc(C)nc2cc(OC)ccc12. The number of aromatic nitrogens is 1. The summed E-state index contributed by atoms with van der Waals surface area (Å²) in [6.45, 7) is 7.03. The zero-order valence-corrected chi connectivity index (χ0v) is 14.2. The molecular weight excluding hydrogens is 292 g/mol. The third-order valence-electron chi connectivity index (χ3n) is 3.74. The van der Waals surface area contributed by atoms with Crippen LogP contribution in [0.5, 0.6) is 5.75 Å². The maximum absolute atomic E-state index is 12.6. The Kier molecular flexibility index (Phi) is 5.93. The number of hydrogen-bond acceptors (Lipinski definition) is 4. The Bertz CT molecular complexity index is 685. The largest absolute Gasteiger partial charge is 0.497 e. The third kappa shape index (κ3) is 4.20. The van der Waals surface area contributed by atoms with Crippen molar-refractivity contribution in [2.24, 2.45) is 0 Å². The van der Waals surface area contributed by atoms with E-state index in [0.717, 1.165) is 28.8 Å². The average molecular weight is 316 g/mol. The van der Waals surface area contributed by atoms with Crippen LogP contribution in [0.2, 0.25) is 0 Å². The highest BCUT2D eigenvalue weighted by Gasteiger charge is 2.14. The quantitative estimate of drug-likeness (QED) is 0.852. The van der Waals surface area contributed by atoms with Crippen molar-refractivity contribution in [1.29, 1.82) is 0 Å². The molecule has 0 saturated carbocycles. The molecule has 1 aromatic carbocycles. The van der Waals surface area contributed by atoms with E-state index in [-0.39, 0.29) is 12.0 Å². The zero-order chi connectivity index (χ0) is 16.8. The van der Waals surface area contributed by atoms with E-state index in [1.54, 1.807) is 7.11 Å². The smallest absolute Gasteiger partial charge is 0.252 e. The van der Waals surface area contributed by atoms with Crippen LogP contribution in [0.25, 0.3) is 10.9 Å². The van der Waals surface area contributed by atoms with Gasteiger partial charge in [0.15, 0.2) is 0 Å². The van der Waals surface area contributed by atoms with Gasteiger partial charge < -0.3 is 14.8 Å². The van der Waals surface area contributed by atoms with Crippen LogP contribution in [-0.2, 0) is 4.74 Å². The Balaban J connectivity index is 2.26. The summed E-state index contributed by atoms with van der Waals surface area (Å²) in [5, 5.41) is 3.78. The average Bonchev–Trinajstić information content (AvgIpc) is 2.56. The minimum absolute atomic E-state index is 0.0400. The minimum atomic E-state index is -0.108. The monoisotopic (exact) mass is 316 g/mol. The summed E-state index contributed by atoms with van der Waals surface area (Å²) in [4.78, 5) is 17.0. The van der Waals surface area contributed by atoms with Crippen LogP contribution in [0.4, 0.5) is 0 Å². The molecule has 2 rings (SSSR count). The van der Waals surface area contributed by atoms with Crippen molar-refractivity contribution < 1.29 is 14.3 Å². The van der Waals surface area contributed by atoms with Gasteiger partial charge in [-0.2, -0.15) is 0 Å². The standard InChI is InChI=1S/C18H24N2O3/c1-5-13(23-6-2)11-19-18(21)16-9-12(3)20-17-10-14(22-4)7-8-15(16)17/h7-10,13H,5-6,11H2,1-4H3,(H,19,21)/t13-/m0/s1. The fraction of sp³-hybridized carbons (Fsp3) is 0.444. The molecule has 0 saturated heterocycles. The van der Waals surface area contributed by atoms with Gasteiger partial charge in [-0.3, -0.25) is 9.78 Å². The summed E-state index contributed by atoms with van der Waals surface area (Å²) in [6, 6.07) is 7.36. The van der Waals surface area contributed by atoms with Crippen LogP contribution in [0.3, 0.4) is 0 Å². The summed E-state index contributed by atoms with van der Waals surface area (Å²) < 4.78 is 10.8. The van der Waals surface area contributed by atoms with Gasteiger partial charge in [-0.15, -0.1) is 0 Å². The third-order valence-corrected chi connectivity index (χ3v) is 3.74. The second-order valence-electron chi connectivity index (χ2n) is 5.39. The molecule has 1 atom stereocenters. The lowest BCUT2D eigenvalue weighted by molar-refractivity contribution is 0.0569. The molecule has 1 N–H and O–H groups in total. The second kappa shape index (κ2) is 7.92. The Morgan fingerprint density at radius 2 is 2.09 bits per heavy atom. The zero-order valence-electron chi connectivity index (χ0n) is 14.2. The van der Waals surface area contributed by atoms with E-state index in [9.17, 15) is 4.79 Å². The molecule has 0 radical (unpaired) electrons. The molecule has 1 aromatic heterocycles. The van der Waals surface area contributed by atoms with Crippen LogP contribution in [0, 0.1) is 6.92 Å². The maximum Gasteiger partial charge on any atom is 0.252 e. The topological polar surface area (TPSA) is 60.5 Å². The number of pyridine rings is 1. The first kappa shape index (κ1) is 17.2. The molecule has 124 valence electrons. The number of nitrogens with one attached hydrogen (secondary N) is 1. The van der Waals surface area contributed by atoms with E-state index in [0.29, 0.717) is 18.7 Å². The Morgan fingerprint density at radius 1 is 1.30 bits per heavy atom. The number of fused-ring (bicyclic) bond motifs is 1. The van der Waals surface area contributed by atoms with Crippen molar-refractivity contribution in [2.75, 3.05) is 20.3 Å². The molecule has 5 nitrogen and oxygen atoms in total. The van der Waals surface area contributed by atoms with Crippen LogP contribution >= 0.6 is 0 Å². The van der Waals surface area contributed by atoms with Gasteiger partial charge in [0.2, 0.25) is 0 Å². The van der Waals surface area contributed by atoms with Gasteiger partial charge in [-0.05, 0) is 38.5 Å². The van der Waals surface area contributed by atoms with Gasteiger partial charge in [0.1, 0.15) is 5.75 Å². The predicted molar refractivity (Wildman–Crippen MR) is 91.1 cm³/mol. The Hall–Kier alpha value is -2.14. The first-order valence-corrected chi connectivity index (χ1v) is 7.94. The summed E-state index contributed by atoms with van der Waals surface area (Å²) in [5.41, 5.74) is 2.18. The van der Waals surface area contributed by atoms with Crippen molar-refractivity contribution in [3.8, 4) is 5.75 Å². The first-order valence-electron chi connectivity index (χ1n) is 7.94. The number of nitrogens with zero attached hydrogens (tertiary/aromatic N) is 1. The van der Waals surface area contributed by atoms with Crippen molar-refractivity contribution in [2.45, 2.75) is 33.3 Å². The van der Waals surface area contributed by atoms with E-state index >= 15 is 0 Å². The van der Waals surface area contributed by atoms with Crippen molar-refractivity contribution >= 4 is 16.8 Å². The van der Waals surface area contributed by atoms with Gasteiger partial charge in [-0.25, -0.2) is 0 Å². The molecule has 0 spiro atoms. The van der Waals surface area contributed by atoms with Crippen LogP contribution in [0.15, 0.2) is 24.3 Å². The molecular formula is C18H24N2O3. The fourth-order valence-electron chi connectivity index (χ4n) is 2.51. The number of rotatable bonds is 7. The number of aryl methyl sites for hydroxylation is 1. The molecule has 0 fully saturated rings. The molecule has 0 aliphatic rings. The van der Waals surface area contributed by atoms with Crippen molar-refractivity contribution in [3.05, 3.63) is 35.5 Å². The lowest BCUT2D eigenvalue weighted by atomic mass is 10.1. The highest BCUT2D eigenvalue weighted by Crippen LogP contribution is 2.23. The van der Waals surface area contributed by atoms with Gasteiger partial charge in [0, 0.05) is 30.3 Å². The molecule has 0 aliphatic heterocycles. The van der Waals surface area contributed by atoms with Crippen LogP contribution < -0.4 is 10.1 Å². The molecule has 0 bridgehead atoms. The molecule has 1 heterocycles. The van der Waals surface area contributed by atoms with Gasteiger partial charge >= 0.3 is 0 Å². The summed E-state index contributed by atoms with van der Waals surface area (Å²) in [5.74, 6) is 0.619. The lowest BCUT2D eigenvalue weighted by Crippen LogP contribution is -2.33. The summed E-state index contributed by atoms with van der Waals surface area (Å²) >= 11 is 0. The molecule has 23 heavy (non-hydrogen) atoms. The lowest BCUT2D eigenvalue weighted by Gasteiger charge is -2.16. The van der Waals surface area contributed by atoms with Gasteiger partial charge in [0.05, 0.1) is 24.3 Å². The number of carbonyl (C=O) groups is 1. The fourth-order valence-corrected chi connectivity index (χ4v) is 2.51. The van der Waals surface area contributed by atoms with Crippen LogP contribution in [-0.4, -0.2) is 37.3 Å². The normalized spacial score (nSPS) is 12.2. The number of carbonyl (C=O) groups excluding carboxylic acids is 1. The predicted octanol–water partition coefficient (Wildman–Crippen LogP) is 3.10. The Morgan fingerprint density at radius 3 is 2.74 bits per heavy atom. The van der Waals surface area contributed by atoms with E-state index in [4.69, 9.17) is 9.47 Å². The maximum atomic E-state index is 12.6. The van der Waals surface area contributed by atoms with Gasteiger partial charge in [0.25, 0.3) is 5.91 Å². The number of ether oxygens (including phenoxy) is 2. The minimum Gasteiger partial charge on any atom is -0.497 e. The number of amides is 1. The van der Waals surface area contributed by atoms with E-state index < -0.39 is 0 Å². The molecule has 1 amide bonds. The molecule has 5 heteroatoms. The first-order chi connectivity index (χ1) is 11.1. The molecule has 2 aromatic rings. The summed E-state index contributed by atoms with van der Waals surface area (Å²) in [6.07, 6.45) is 0.903. The highest BCUT2D eigenvalue weighted by molar-refractivity contribution is 6.06. The highest BCUT2D eigenvalue weighted by atomic mass is 16.5. The van der Waals surface area contributed by atoms with E-state index in [2.05, 4.69) is 10.3 Å². The number of hydrogen-bond donors (Lipinski definition) is 1. The van der Waals surface area contributed by atoms with E-state index in [1.807, 2.05) is 45.0 Å². The van der Waals surface area contributed by atoms with E-state index in [1.165, 1.54) is 0 Å². The molecule has 0 aliphatic carbocycles. The summed E-state index contributed by atoms with van der Waals surface area (Å²) in [7, 11) is 1.61.